The summed E-state index contributed by atoms with van der Waals surface area (Å²) in [6, 6.07) is 6.71. The fraction of sp³-hybridized carbons (Fsp3) is 0.250. The molecule has 0 saturated heterocycles. The van der Waals surface area contributed by atoms with Crippen LogP contribution in [0.25, 0.3) is 5.69 Å². The summed E-state index contributed by atoms with van der Waals surface area (Å²) in [5.74, 6) is 0.681. The van der Waals surface area contributed by atoms with E-state index in [4.69, 9.17) is 10.5 Å². The van der Waals surface area contributed by atoms with Gasteiger partial charge < -0.3 is 10.5 Å². The average molecular weight is 253 g/mol. The third-order valence-corrected chi connectivity index (χ3v) is 2.44. The maximum Gasteiger partial charge on any atom is 0.282 e. The first kappa shape index (κ1) is 12.3. The van der Waals surface area contributed by atoms with Crippen LogP contribution >= 0.6 is 0 Å². The minimum Gasteiger partial charge on any atom is -0.494 e. The quantitative estimate of drug-likeness (QED) is 0.911. The zero-order valence-corrected chi connectivity index (χ0v) is 9.81. The van der Waals surface area contributed by atoms with E-state index in [1.807, 2.05) is 6.92 Å². The van der Waals surface area contributed by atoms with Crippen LogP contribution in [-0.4, -0.2) is 16.4 Å². The van der Waals surface area contributed by atoms with Crippen molar-refractivity contribution < 1.29 is 13.5 Å². The van der Waals surface area contributed by atoms with Gasteiger partial charge in [0, 0.05) is 0 Å². The lowest BCUT2D eigenvalue weighted by atomic mass is 10.3. The molecular weight excluding hydrogens is 240 g/mol. The number of hydrogen-bond donors (Lipinski definition) is 1. The first-order valence-corrected chi connectivity index (χ1v) is 5.48. The lowest BCUT2D eigenvalue weighted by molar-refractivity contribution is 0.143. The Morgan fingerprint density at radius 2 is 2.00 bits per heavy atom. The van der Waals surface area contributed by atoms with Crippen LogP contribution in [0.4, 0.5) is 14.5 Å². The minimum absolute atomic E-state index is 0.0149. The highest BCUT2D eigenvalue weighted by Crippen LogP contribution is 2.27. The molecule has 18 heavy (non-hydrogen) atoms. The summed E-state index contributed by atoms with van der Waals surface area (Å²) in [5.41, 5.74) is 5.68. The fourth-order valence-corrected chi connectivity index (χ4v) is 1.64. The van der Waals surface area contributed by atoms with Crippen molar-refractivity contribution in [2.75, 3.05) is 12.3 Å². The van der Waals surface area contributed by atoms with Gasteiger partial charge in [0.05, 0.1) is 24.2 Å². The molecule has 0 bridgehead atoms. The maximum atomic E-state index is 12.8. The minimum atomic E-state index is -2.67. The Morgan fingerprint density at radius 3 is 2.56 bits per heavy atom. The average Bonchev–Trinajstić information content (AvgIpc) is 2.73. The molecule has 0 aliphatic heterocycles. The van der Waals surface area contributed by atoms with E-state index < -0.39 is 6.43 Å². The van der Waals surface area contributed by atoms with Gasteiger partial charge in [-0.1, -0.05) is 0 Å². The van der Waals surface area contributed by atoms with Gasteiger partial charge in [0.25, 0.3) is 6.43 Å². The monoisotopic (exact) mass is 253 g/mol. The molecular formula is C12H13F2N3O. The predicted molar refractivity (Wildman–Crippen MR) is 64.1 cm³/mol. The zero-order valence-electron chi connectivity index (χ0n) is 9.81. The van der Waals surface area contributed by atoms with E-state index >= 15 is 0 Å². The molecule has 0 aliphatic rings. The van der Waals surface area contributed by atoms with Gasteiger partial charge >= 0.3 is 0 Å². The molecule has 0 amide bonds. The maximum absolute atomic E-state index is 12.8. The Hall–Kier alpha value is -2.11. The van der Waals surface area contributed by atoms with Crippen molar-refractivity contribution in [3.05, 3.63) is 36.2 Å². The Kier molecular flexibility index (Phi) is 3.45. The number of nitrogens with two attached hydrogens (primary N) is 1. The molecule has 0 atom stereocenters. The van der Waals surface area contributed by atoms with E-state index in [1.165, 1.54) is 6.20 Å². The highest BCUT2D eigenvalue weighted by Gasteiger charge is 2.19. The summed E-state index contributed by atoms with van der Waals surface area (Å²) in [4.78, 5) is 0. The van der Waals surface area contributed by atoms with Gasteiger partial charge in [-0.05, 0) is 31.2 Å². The second-order valence-electron chi connectivity index (χ2n) is 3.62. The smallest absolute Gasteiger partial charge is 0.282 e. The Bertz CT molecular complexity index is 523. The summed E-state index contributed by atoms with van der Waals surface area (Å²) in [7, 11) is 0. The standard InChI is InChI=1S/C12H13F2N3O/c1-2-18-9-5-3-8(4-6-9)17-11(12(13)14)10(15)7-16-17/h3-7,12H,2,15H2,1H3. The van der Waals surface area contributed by atoms with Crippen molar-refractivity contribution >= 4 is 5.69 Å². The van der Waals surface area contributed by atoms with Crippen molar-refractivity contribution in [1.29, 1.82) is 0 Å². The second kappa shape index (κ2) is 5.03. The van der Waals surface area contributed by atoms with Crippen molar-refractivity contribution in [2.24, 2.45) is 0 Å². The van der Waals surface area contributed by atoms with Crippen LogP contribution in [-0.2, 0) is 0 Å². The molecule has 1 heterocycles. The van der Waals surface area contributed by atoms with Crippen molar-refractivity contribution in [1.82, 2.24) is 9.78 Å². The molecule has 1 aromatic carbocycles. The fourth-order valence-electron chi connectivity index (χ4n) is 1.64. The number of aromatic nitrogens is 2. The van der Waals surface area contributed by atoms with Crippen LogP contribution in [0.1, 0.15) is 19.0 Å². The number of halogens is 2. The largest absolute Gasteiger partial charge is 0.494 e. The van der Waals surface area contributed by atoms with Crippen LogP contribution in [0.2, 0.25) is 0 Å². The number of benzene rings is 1. The van der Waals surface area contributed by atoms with Crippen molar-refractivity contribution in [3.8, 4) is 11.4 Å². The van der Waals surface area contributed by atoms with Gasteiger partial charge in [-0.25, -0.2) is 13.5 Å². The first-order chi connectivity index (χ1) is 8.63. The van der Waals surface area contributed by atoms with Crippen LogP contribution < -0.4 is 10.5 Å². The summed E-state index contributed by atoms with van der Waals surface area (Å²) in [6.07, 6.45) is -1.45. The lowest BCUT2D eigenvalue weighted by Gasteiger charge is -2.08. The first-order valence-electron chi connectivity index (χ1n) is 5.48. The van der Waals surface area contributed by atoms with Crippen LogP contribution in [0.5, 0.6) is 5.75 Å². The molecule has 2 rings (SSSR count). The Morgan fingerprint density at radius 1 is 1.33 bits per heavy atom. The van der Waals surface area contributed by atoms with Crippen LogP contribution in [0, 0.1) is 0 Å². The number of ether oxygens (including phenoxy) is 1. The van der Waals surface area contributed by atoms with E-state index in [0.29, 0.717) is 18.0 Å². The number of nitrogens with zero attached hydrogens (tertiary/aromatic N) is 2. The summed E-state index contributed by atoms with van der Waals surface area (Å²) < 4.78 is 32.1. The highest BCUT2D eigenvalue weighted by atomic mass is 19.3. The number of rotatable bonds is 4. The van der Waals surface area contributed by atoms with E-state index in [1.54, 1.807) is 24.3 Å². The van der Waals surface area contributed by atoms with Crippen molar-refractivity contribution in [3.63, 3.8) is 0 Å². The zero-order chi connectivity index (χ0) is 13.1. The molecule has 0 fully saturated rings. The number of nitrogen functional groups attached to an aromatic ring is 1. The molecule has 1 aromatic heterocycles. The van der Waals surface area contributed by atoms with Crippen molar-refractivity contribution in [2.45, 2.75) is 13.3 Å². The molecule has 0 radical (unpaired) electrons. The van der Waals surface area contributed by atoms with Crippen LogP contribution in [0.3, 0.4) is 0 Å². The third-order valence-electron chi connectivity index (χ3n) is 2.44. The molecule has 2 aromatic rings. The SMILES string of the molecule is CCOc1ccc(-n2ncc(N)c2C(F)F)cc1. The highest BCUT2D eigenvalue weighted by molar-refractivity contribution is 5.47. The van der Waals surface area contributed by atoms with Gasteiger partial charge in [0.15, 0.2) is 0 Å². The van der Waals surface area contributed by atoms with Gasteiger partial charge in [-0.2, -0.15) is 5.10 Å². The lowest BCUT2D eigenvalue weighted by Crippen LogP contribution is -2.04. The molecule has 2 N–H and O–H groups in total. The van der Waals surface area contributed by atoms with E-state index in [2.05, 4.69) is 5.10 Å². The number of anilines is 1. The van der Waals surface area contributed by atoms with Gasteiger partial charge in [-0.3, -0.25) is 0 Å². The van der Waals surface area contributed by atoms with Gasteiger partial charge in [-0.15, -0.1) is 0 Å². The topological polar surface area (TPSA) is 53.1 Å². The molecule has 96 valence electrons. The molecule has 0 saturated carbocycles. The summed E-state index contributed by atoms with van der Waals surface area (Å²) in [5, 5.41) is 3.85. The van der Waals surface area contributed by atoms with E-state index in [-0.39, 0.29) is 11.4 Å². The Labute approximate surface area is 103 Å². The normalized spacial score (nSPS) is 10.9. The molecule has 4 nitrogen and oxygen atoms in total. The molecule has 0 aliphatic carbocycles. The summed E-state index contributed by atoms with van der Waals surface area (Å²) >= 11 is 0. The van der Waals surface area contributed by atoms with Crippen LogP contribution in [0.15, 0.2) is 30.5 Å². The van der Waals surface area contributed by atoms with Gasteiger partial charge in [0.1, 0.15) is 11.4 Å². The Balaban J connectivity index is 2.37. The molecule has 0 unspecified atom stereocenters. The van der Waals surface area contributed by atoms with E-state index in [9.17, 15) is 8.78 Å². The number of alkyl halides is 2. The number of hydrogen-bond acceptors (Lipinski definition) is 3. The van der Waals surface area contributed by atoms with Gasteiger partial charge in [0.2, 0.25) is 0 Å². The molecule has 0 spiro atoms. The molecule has 6 heteroatoms. The summed E-state index contributed by atoms with van der Waals surface area (Å²) in [6.45, 7) is 2.42. The predicted octanol–water partition coefficient (Wildman–Crippen LogP) is 2.79. The van der Waals surface area contributed by atoms with E-state index in [0.717, 1.165) is 4.68 Å². The third kappa shape index (κ3) is 2.27. The second-order valence-corrected chi connectivity index (χ2v) is 3.62.